The summed E-state index contributed by atoms with van der Waals surface area (Å²) in [6.45, 7) is 10.2. The number of amides is 1. The number of benzene rings is 1. The van der Waals surface area contributed by atoms with Crippen molar-refractivity contribution in [2.45, 2.75) is 52.1 Å². The van der Waals surface area contributed by atoms with Gasteiger partial charge < -0.3 is 0 Å². The maximum absolute atomic E-state index is 12.9. The standard InChI is InChI=1S/C16H24N3OS/c1-12(2)18-15(20)14(13-9-7-6-8-10-13)11-21-19(18)17-16(3,4)5/h6-10,12,14H,11H2,1-5H3/q+1. The molecule has 1 unspecified atom stereocenters. The fraction of sp³-hybridized carbons (Fsp3) is 0.562. The largest absolute Gasteiger partial charge is 0.290 e. The lowest BCUT2D eigenvalue weighted by Gasteiger charge is -2.28. The molecule has 1 aliphatic rings. The quantitative estimate of drug-likeness (QED) is 0.614. The summed E-state index contributed by atoms with van der Waals surface area (Å²) in [5.41, 5.74) is 0.871. The third kappa shape index (κ3) is 3.84. The van der Waals surface area contributed by atoms with Gasteiger partial charge in [0.15, 0.2) is 0 Å². The maximum atomic E-state index is 12.9. The molecular weight excluding hydrogens is 282 g/mol. The van der Waals surface area contributed by atoms with Gasteiger partial charge in [-0.15, -0.1) is 0 Å². The molecule has 0 aliphatic carbocycles. The minimum absolute atomic E-state index is 0.0858. The Balaban J connectivity index is 2.32. The molecule has 1 heterocycles. The zero-order valence-corrected chi connectivity index (χ0v) is 14.2. The van der Waals surface area contributed by atoms with Gasteiger partial charge in [0.1, 0.15) is 5.54 Å². The van der Waals surface area contributed by atoms with E-state index in [-0.39, 0.29) is 23.4 Å². The molecule has 0 spiro atoms. The first-order valence-electron chi connectivity index (χ1n) is 7.33. The molecule has 0 bridgehead atoms. The summed E-state index contributed by atoms with van der Waals surface area (Å²) in [5, 5.41) is 6.43. The summed E-state index contributed by atoms with van der Waals surface area (Å²) in [7, 11) is 0. The van der Waals surface area contributed by atoms with Crippen molar-refractivity contribution in [2.24, 2.45) is 5.11 Å². The van der Waals surface area contributed by atoms with Crippen molar-refractivity contribution in [3.8, 4) is 0 Å². The van der Waals surface area contributed by atoms with Gasteiger partial charge in [0, 0.05) is 5.11 Å². The zero-order valence-electron chi connectivity index (χ0n) is 13.4. The van der Waals surface area contributed by atoms with E-state index in [1.165, 1.54) is 0 Å². The third-order valence-corrected chi connectivity index (χ3v) is 4.11. The van der Waals surface area contributed by atoms with Crippen LogP contribution in [-0.2, 0) is 4.79 Å². The van der Waals surface area contributed by atoms with Crippen LogP contribution in [0.5, 0.6) is 0 Å². The maximum Gasteiger partial charge on any atom is 0.290 e. The average Bonchev–Trinajstić information content (AvgIpc) is 2.37. The molecule has 0 radical (unpaired) electrons. The molecule has 21 heavy (non-hydrogen) atoms. The predicted molar refractivity (Wildman–Crippen MR) is 86.1 cm³/mol. The van der Waals surface area contributed by atoms with Crippen LogP contribution in [0.1, 0.15) is 46.1 Å². The number of rotatable bonds is 2. The Morgan fingerprint density at radius 1 is 1.29 bits per heavy atom. The summed E-state index contributed by atoms with van der Waals surface area (Å²) in [4.78, 5) is 12.9. The van der Waals surface area contributed by atoms with Crippen molar-refractivity contribution in [2.75, 3.05) is 5.75 Å². The first-order valence-corrected chi connectivity index (χ1v) is 8.27. The van der Waals surface area contributed by atoms with E-state index in [0.29, 0.717) is 0 Å². The second-order valence-corrected chi connectivity index (χ2v) is 7.48. The highest BCUT2D eigenvalue weighted by atomic mass is 32.2. The SMILES string of the molecule is CC(C)N1C(=O)C(c2ccccc2)CS[N+]1=NC(C)(C)C. The van der Waals surface area contributed by atoms with Gasteiger partial charge in [-0.05, 0) is 40.2 Å². The van der Waals surface area contributed by atoms with Gasteiger partial charge >= 0.3 is 0 Å². The topological polar surface area (TPSA) is 35.7 Å². The van der Waals surface area contributed by atoms with E-state index in [1.54, 1.807) is 21.2 Å². The minimum atomic E-state index is -0.208. The molecule has 0 N–H and O–H groups in total. The first kappa shape index (κ1) is 16.0. The van der Waals surface area contributed by atoms with E-state index < -0.39 is 0 Å². The molecule has 0 saturated carbocycles. The molecule has 1 aromatic rings. The minimum Gasteiger partial charge on any atom is -0.268 e. The van der Waals surface area contributed by atoms with E-state index in [0.717, 1.165) is 11.3 Å². The van der Waals surface area contributed by atoms with E-state index in [4.69, 9.17) is 0 Å². The van der Waals surface area contributed by atoms with Crippen LogP contribution in [0.2, 0.25) is 0 Å². The first-order chi connectivity index (χ1) is 9.79. The molecule has 4 nitrogen and oxygen atoms in total. The Labute approximate surface area is 131 Å². The van der Waals surface area contributed by atoms with E-state index in [1.807, 2.05) is 65.0 Å². The Morgan fingerprint density at radius 3 is 2.43 bits per heavy atom. The molecule has 114 valence electrons. The van der Waals surface area contributed by atoms with E-state index in [2.05, 4.69) is 5.11 Å². The molecular formula is C16H24N3OS+. The van der Waals surface area contributed by atoms with Crippen molar-refractivity contribution >= 4 is 17.9 Å². The van der Waals surface area contributed by atoms with Crippen LogP contribution in [-0.4, -0.2) is 32.5 Å². The van der Waals surface area contributed by atoms with Crippen LogP contribution in [0, 0.1) is 0 Å². The van der Waals surface area contributed by atoms with Crippen LogP contribution in [0.25, 0.3) is 0 Å². The second-order valence-electron chi connectivity index (χ2n) is 6.56. The lowest BCUT2D eigenvalue weighted by molar-refractivity contribution is -0.603. The summed E-state index contributed by atoms with van der Waals surface area (Å²) in [6, 6.07) is 10.1. The Kier molecular flexibility index (Phi) is 4.71. The van der Waals surface area contributed by atoms with Gasteiger partial charge in [0.2, 0.25) is 11.9 Å². The molecule has 5 heteroatoms. The van der Waals surface area contributed by atoms with Gasteiger partial charge in [-0.2, -0.15) is 0 Å². The van der Waals surface area contributed by atoms with Crippen molar-refractivity contribution in [3.63, 3.8) is 0 Å². The number of carbonyl (C=O) groups is 1. The van der Waals surface area contributed by atoms with Crippen LogP contribution < -0.4 is 0 Å². The smallest absolute Gasteiger partial charge is 0.268 e. The van der Waals surface area contributed by atoms with Crippen LogP contribution in [0.3, 0.4) is 0 Å². The van der Waals surface area contributed by atoms with Gasteiger partial charge in [-0.25, -0.2) is 0 Å². The van der Waals surface area contributed by atoms with Gasteiger partial charge in [-0.3, -0.25) is 4.79 Å². The van der Waals surface area contributed by atoms with E-state index in [9.17, 15) is 4.79 Å². The predicted octanol–water partition coefficient (Wildman–Crippen LogP) is 3.85. The highest BCUT2D eigenvalue weighted by molar-refractivity contribution is 7.93. The Morgan fingerprint density at radius 2 is 1.90 bits per heavy atom. The summed E-state index contributed by atoms with van der Waals surface area (Å²) in [6.07, 6.45) is 0. The molecule has 1 fully saturated rings. The Bertz CT molecular complexity index is 534. The Hall–Kier alpha value is -1.36. The van der Waals surface area contributed by atoms with Crippen LogP contribution >= 0.6 is 11.9 Å². The zero-order chi connectivity index (χ0) is 15.6. The van der Waals surface area contributed by atoms with Crippen molar-refractivity contribution in [3.05, 3.63) is 35.9 Å². The van der Waals surface area contributed by atoms with E-state index >= 15 is 0 Å². The molecule has 0 aromatic heterocycles. The van der Waals surface area contributed by atoms with Gasteiger partial charge in [0.25, 0.3) is 5.91 Å². The van der Waals surface area contributed by atoms with Gasteiger partial charge in [0.05, 0.1) is 21.9 Å². The van der Waals surface area contributed by atoms with Crippen molar-refractivity contribution in [1.82, 2.24) is 5.01 Å². The summed E-state index contributed by atoms with van der Waals surface area (Å²) < 4.78 is 1.78. The van der Waals surface area contributed by atoms with Crippen LogP contribution in [0.15, 0.2) is 35.4 Å². The van der Waals surface area contributed by atoms with Gasteiger partial charge in [-0.1, -0.05) is 35.3 Å². The van der Waals surface area contributed by atoms with Crippen molar-refractivity contribution < 1.29 is 9.01 Å². The molecule has 1 saturated heterocycles. The normalized spacial score (nSPS) is 22.2. The molecule has 2 rings (SSSR count). The van der Waals surface area contributed by atoms with Crippen LogP contribution in [0.4, 0.5) is 0 Å². The molecule has 1 atom stereocenters. The lowest BCUT2D eigenvalue weighted by Crippen LogP contribution is -2.49. The number of hydrogen-bond donors (Lipinski definition) is 0. The summed E-state index contributed by atoms with van der Waals surface area (Å²) >= 11 is 1.60. The third-order valence-electron chi connectivity index (χ3n) is 3.14. The highest BCUT2D eigenvalue weighted by Gasteiger charge is 2.44. The molecule has 1 aromatic carbocycles. The fourth-order valence-electron chi connectivity index (χ4n) is 2.23. The summed E-state index contributed by atoms with van der Waals surface area (Å²) in [5.74, 6) is 0.763. The number of hydrazine groups is 1. The monoisotopic (exact) mass is 306 g/mol. The fourth-order valence-corrected chi connectivity index (χ4v) is 3.54. The second kappa shape index (κ2) is 6.18. The number of nitrogens with zero attached hydrogens (tertiary/aromatic N) is 3. The van der Waals surface area contributed by atoms with Crippen molar-refractivity contribution in [1.29, 1.82) is 0 Å². The average molecular weight is 306 g/mol. The number of hydrogen-bond acceptors (Lipinski definition) is 3. The number of carbonyl (C=O) groups excluding carboxylic acids is 1. The lowest BCUT2D eigenvalue weighted by atomic mass is 9.99. The molecule has 1 aliphatic heterocycles. The highest BCUT2D eigenvalue weighted by Crippen LogP contribution is 2.32. The molecule has 1 amide bonds.